The zero-order valence-corrected chi connectivity index (χ0v) is 8.30. The third kappa shape index (κ3) is 2.66. The summed E-state index contributed by atoms with van der Waals surface area (Å²) in [5, 5.41) is 0. The molecule has 0 saturated carbocycles. The lowest BCUT2D eigenvalue weighted by atomic mass is 10.1. The predicted molar refractivity (Wildman–Crippen MR) is 63.6 cm³/mol. The molecule has 78 valence electrons. The Hall–Kier alpha value is -1.63. The average molecular weight is 200 g/mol. The molecule has 0 radical (unpaired) electrons. The fourth-order valence-electron chi connectivity index (χ4n) is 1.57. The molecular weight excluding hydrogens is 182 g/mol. The second kappa shape index (κ2) is 5.30. The Morgan fingerprint density at radius 1 is 0.867 bits per heavy atom. The highest BCUT2D eigenvalue weighted by Crippen LogP contribution is 2.09. The minimum atomic E-state index is 0. The molecule has 1 heterocycles. The van der Waals surface area contributed by atoms with E-state index in [9.17, 15) is 0 Å². The molecule has 2 rings (SSSR count). The molecule has 1 atom stereocenters. The van der Waals surface area contributed by atoms with Crippen molar-refractivity contribution in [3.8, 4) is 0 Å². The van der Waals surface area contributed by atoms with Gasteiger partial charge in [-0.2, -0.15) is 4.57 Å². The molecule has 0 N–H and O–H groups in total. The first-order chi connectivity index (χ1) is 6.88. The summed E-state index contributed by atoms with van der Waals surface area (Å²) in [4.78, 5) is 0. The van der Waals surface area contributed by atoms with Crippen molar-refractivity contribution in [2.75, 3.05) is 0 Å². The lowest BCUT2D eigenvalue weighted by molar-refractivity contribution is -0.710. The van der Waals surface area contributed by atoms with Crippen LogP contribution in [0.2, 0.25) is 0 Å². The van der Waals surface area contributed by atoms with E-state index in [1.54, 1.807) is 0 Å². The quantitative estimate of drug-likeness (QED) is 0.655. The number of pyridine rings is 1. The Morgan fingerprint density at radius 2 is 1.40 bits per heavy atom. The number of hydrogen-bond acceptors (Lipinski definition) is 0. The van der Waals surface area contributed by atoms with Gasteiger partial charge >= 0.3 is 0 Å². The summed E-state index contributed by atoms with van der Waals surface area (Å²) in [7, 11) is 0. The molecule has 0 spiro atoms. The largest absolute Gasteiger partial charge is 0.198 e. The molecule has 1 unspecified atom stereocenters. The zero-order valence-electron chi connectivity index (χ0n) is 8.30. The van der Waals surface area contributed by atoms with Crippen LogP contribution in [0.4, 0.5) is 0 Å². The topological polar surface area (TPSA) is 3.88 Å². The van der Waals surface area contributed by atoms with Gasteiger partial charge in [-0.25, -0.2) is 0 Å². The molecule has 0 aliphatic carbocycles. The van der Waals surface area contributed by atoms with Crippen LogP contribution in [0.1, 0.15) is 26.0 Å². The molecule has 0 amide bonds. The third-order valence-electron chi connectivity index (χ3n) is 2.47. The molecule has 1 aromatic carbocycles. The van der Waals surface area contributed by atoms with Gasteiger partial charge in [0.15, 0.2) is 18.4 Å². The summed E-state index contributed by atoms with van der Waals surface area (Å²) < 4.78 is 2.20. The van der Waals surface area contributed by atoms with E-state index >= 15 is 0 Å². The van der Waals surface area contributed by atoms with Gasteiger partial charge in [0.1, 0.15) is 0 Å². The van der Waals surface area contributed by atoms with Crippen molar-refractivity contribution < 1.29 is 4.57 Å². The molecule has 0 aliphatic rings. The van der Waals surface area contributed by atoms with Gasteiger partial charge in [-0.05, 0) is 0 Å². The molecule has 0 fully saturated rings. The van der Waals surface area contributed by atoms with Crippen molar-refractivity contribution in [1.29, 1.82) is 0 Å². The van der Waals surface area contributed by atoms with E-state index in [-0.39, 0.29) is 7.43 Å². The van der Waals surface area contributed by atoms with Gasteiger partial charge in [0.2, 0.25) is 0 Å². The first-order valence-corrected chi connectivity index (χ1v) is 4.88. The summed E-state index contributed by atoms with van der Waals surface area (Å²) in [6.07, 6.45) is 4.19. The van der Waals surface area contributed by atoms with Crippen molar-refractivity contribution >= 4 is 0 Å². The number of nitrogens with zero attached hydrogens (tertiary/aromatic N) is 1. The molecule has 15 heavy (non-hydrogen) atoms. The molecule has 1 nitrogen and oxygen atoms in total. The maximum Gasteiger partial charge on any atom is 0.180 e. The molecule has 1 heteroatoms. The Kier molecular flexibility index (Phi) is 4.04. The van der Waals surface area contributed by atoms with Crippen molar-refractivity contribution in [3.05, 3.63) is 66.5 Å². The standard InChI is InChI=1S/C13H14N.CH4/c1-12(13-8-4-2-5-9-13)14-10-6-3-7-11-14;/h2-12H,1H3;1H4/q+1;. The molecule has 0 aliphatic heterocycles. The van der Waals surface area contributed by atoms with Crippen molar-refractivity contribution in [3.63, 3.8) is 0 Å². The van der Waals surface area contributed by atoms with Gasteiger partial charge in [-0.15, -0.1) is 0 Å². The fourth-order valence-corrected chi connectivity index (χ4v) is 1.57. The maximum atomic E-state index is 2.20. The van der Waals surface area contributed by atoms with E-state index < -0.39 is 0 Å². The zero-order chi connectivity index (χ0) is 9.80. The highest BCUT2D eigenvalue weighted by atomic mass is 15.0. The third-order valence-corrected chi connectivity index (χ3v) is 2.47. The first kappa shape index (κ1) is 11.4. The van der Waals surface area contributed by atoms with E-state index in [2.05, 4.69) is 60.3 Å². The van der Waals surface area contributed by atoms with E-state index in [4.69, 9.17) is 0 Å². The van der Waals surface area contributed by atoms with E-state index in [0.717, 1.165) is 0 Å². The van der Waals surface area contributed by atoms with Gasteiger partial charge in [0.05, 0.1) is 0 Å². The van der Waals surface area contributed by atoms with Crippen LogP contribution in [0.15, 0.2) is 60.9 Å². The fraction of sp³-hybridized carbons (Fsp3) is 0.214. The number of rotatable bonds is 2. The maximum absolute atomic E-state index is 2.20. The molecule has 0 saturated heterocycles. The van der Waals surface area contributed by atoms with E-state index in [0.29, 0.717) is 6.04 Å². The van der Waals surface area contributed by atoms with Gasteiger partial charge in [0.25, 0.3) is 0 Å². The van der Waals surface area contributed by atoms with Crippen LogP contribution in [-0.2, 0) is 0 Å². The van der Waals surface area contributed by atoms with Gasteiger partial charge in [0, 0.05) is 24.6 Å². The van der Waals surface area contributed by atoms with Crippen LogP contribution in [0, 0.1) is 0 Å². The highest BCUT2D eigenvalue weighted by Gasteiger charge is 2.12. The summed E-state index contributed by atoms with van der Waals surface area (Å²) in [6, 6.07) is 17.1. The molecular formula is C14H18N+. The molecule has 2 aromatic rings. The normalized spacial score (nSPS) is 11.5. The predicted octanol–water partition coefficient (Wildman–Crippen LogP) is 3.22. The van der Waals surface area contributed by atoms with Gasteiger partial charge < -0.3 is 0 Å². The minimum absolute atomic E-state index is 0. The van der Waals surface area contributed by atoms with Crippen LogP contribution < -0.4 is 4.57 Å². The first-order valence-electron chi connectivity index (χ1n) is 4.88. The lowest BCUT2D eigenvalue weighted by Crippen LogP contribution is -2.37. The lowest BCUT2D eigenvalue weighted by Gasteiger charge is -2.06. The number of hydrogen-bond donors (Lipinski definition) is 0. The Morgan fingerprint density at radius 3 is 2.00 bits per heavy atom. The summed E-state index contributed by atoms with van der Waals surface area (Å²) in [5.41, 5.74) is 1.34. The van der Waals surface area contributed by atoms with Crippen molar-refractivity contribution in [2.45, 2.75) is 20.4 Å². The monoisotopic (exact) mass is 200 g/mol. The van der Waals surface area contributed by atoms with Gasteiger partial charge in [-0.1, -0.05) is 43.8 Å². The Labute approximate surface area is 92.0 Å². The molecule has 1 aromatic heterocycles. The van der Waals surface area contributed by atoms with Crippen LogP contribution >= 0.6 is 0 Å². The summed E-state index contributed by atoms with van der Waals surface area (Å²) >= 11 is 0. The smallest absolute Gasteiger partial charge is 0.180 e. The number of benzene rings is 1. The molecule has 0 bridgehead atoms. The van der Waals surface area contributed by atoms with Crippen LogP contribution in [0.25, 0.3) is 0 Å². The minimum Gasteiger partial charge on any atom is -0.198 e. The van der Waals surface area contributed by atoms with Gasteiger partial charge in [-0.3, -0.25) is 0 Å². The van der Waals surface area contributed by atoms with Crippen molar-refractivity contribution in [1.82, 2.24) is 0 Å². The van der Waals surface area contributed by atoms with Crippen LogP contribution in [0.3, 0.4) is 0 Å². The SMILES string of the molecule is C.CC(c1ccccc1)[n+]1ccccc1. The van der Waals surface area contributed by atoms with Crippen LogP contribution in [0.5, 0.6) is 0 Å². The summed E-state index contributed by atoms with van der Waals surface area (Å²) in [6.45, 7) is 2.20. The average Bonchev–Trinajstić information content (AvgIpc) is 2.30. The second-order valence-corrected chi connectivity index (χ2v) is 3.41. The Balaban J connectivity index is 0.00000112. The Bertz CT molecular complexity index is 341. The highest BCUT2D eigenvalue weighted by molar-refractivity contribution is 5.16. The van der Waals surface area contributed by atoms with Crippen LogP contribution in [-0.4, -0.2) is 0 Å². The number of aromatic nitrogens is 1. The van der Waals surface area contributed by atoms with E-state index in [1.165, 1.54) is 5.56 Å². The second-order valence-electron chi connectivity index (χ2n) is 3.41. The van der Waals surface area contributed by atoms with E-state index in [1.807, 2.05) is 12.1 Å². The van der Waals surface area contributed by atoms with Crippen molar-refractivity contribution in [2.24, 2.45) is 0 Å². The summed E-state index contributed by atoms with van der Waals surface area (Å²) in [5.74, 6) is 0.